The van der Waals surface area contributed by atoms with Gasteiger partial charge in [0, 0.05) is 6.42 Å². The fraction of sp³-hybridized carbons (Fsp3) is 0.143. The number of aromatic nitrogens is 2. The van der Waals surface area contributed by atoms with Gasteiger partial charge in [0.2, 0.25) is 5.91 Å². The maximum Gasteiger partial charge on any atom is 0.232 e. The van der Waals surface area contributed by atoms with E-state index in [1.807, 2.05) is 61.5 Å². The van der Waals surface area contributed by atoms with Gasteiger partial charge in [-0.15, -0.1) is 0 Å². The van der Waals surface area contributed by atoms with Crippen LogP contribution in [0.15, 0.2) is 66.7 Å². The van der Waals surface area contributed by atoms with Crippen molar-refractivity contribution in [1.29, 1.82) is 0 Å². The highest BCUT2D eigenvalue weighted by atomic mass is 16.5. The summed E-state index contributed by atoms with van der Waals surface area (Å²) >= 11 is 0. The Bertz CT molecular complexity index is 1070. The van der Waals surface area contributed by atoms with Gasteiger partial charge in [-0.25, -0.2) is 4.98 Å². The highest BCUT2D eigenvalue weighted by molar-refractivity contribution is 5.91. The fourth-order valence-electron chi connectivity index (χ4n) is 3.01. The third kappa shape index (κ3) is 2.87. The van der Waals surface area contributed by atoms with Crippen LogP contribution in [0, 0.1) is 0 Å². The molecule has 25 heavy (non-hydrogen) atoms. The largest absolute Gasteiger partial charge is 0.486 e. The molecule has 0 aliphatic heterocycles. The number of carbonyl (C=O) groups excluding carboxylic acids is 1. The van der Waals surface area contributed by atoms with Crippen molar-refractivity contribution < 1.29 is 9.53 Å². The number of ether oxygens (including phenoxy) is 1. The van der Waals surface area contributed by atoms with Gasteiger partial charge >= 0.3 is 0 Å². The van der Waals surface area contributed by atoms with Crippen LogP contribution in [0.3, 0.4) is 0 Å². The lowest BCUT2D eigenvalue weighted by Gasteiger charge is -2.09. The molecule has 0 amide bonds. The zero-order valence-corrected chi connectivity index (χ0v) is 14.0. The molecule has 1 aromatic heterocycles. The predicted molar refractivity (Wildman–Crippen MR) is 98.9 cm³/mol. The first-order valence-electron chi connectivity index (χ1n) is 8.37. The molecule has 0 saturated carbocycles. The maximum absolute atomic E-state index is 12.4. The minimum atomic E-state index is 0.0193. The van der Waals surface area contributed by atoms with Gasteiger partial charge in [0.15, 0.2) is 5.82 Å². The van der Waals surface area contributed by atoms with Gasteiger partial charge in [0.1, 0.15) is 12.4 Å². The van der Waals surface area contributed by atoms with Gasteiger partial charge < -0.3 is 4.74 Å². The van der Waals surface area contributed by atoms with Gasteiger partial charge in [0.25, 0.3) is 0 Å². The van der Waals surface area contributed by atoms with E-state index in [4.69, 9.17) is 4.74 Å². The number of benzene rings is 3. The Kier molecular flexibility index (Phi) is 3.94. The summed E-state index contributed by atoms with van der Waals surface area (Å²) in [5.74, 6) is 1.41. The fourth-order valence-corrected chi connectivity index (χ4v) is 3.01. The molecule has 1 heterocycles. The van der Waals surface area contributed by atoms with E-state index in [-0.39, 0.29) is 12.5 Å². The van der Waals surface area contributed by atoms with Crippen LogP contribution >= 0.6 is 0 Å². The van der Waals surface area contributed by atoms with Gasteiger partial charge in [0.05, 0.1) is 11.0 Å². The average Bonchev–Trinajstić information content (AvgIpc) is 3.04. The van der Waals surface area contributed by atoms with Gasteiger partial charge in [-0.2, -0.15) is 0 Å². The highest BCUT2D eigenvalue weighted by Gasteiger charge is 2.15. The van der Waals surface area contributed by atoms with E-state index in [2.05, 4.69) is 17.1 Å². The van der Waals surface area contributed by atoms with Gasteiger partial charge in [-0.3, -0.25) is 9.36 Å². The van der Waals surface area contributed by atoms with E-state index in [9.17, 15) is 4.79 Å². The number of fused-ring (bicyclic) bond motifs is 2. The van der Waals surface area contributed by atoms with Crippen LogP contribution in [0.4, 0.5) is 0 Å². The summed E-state index contributed by atoms with van der Waals surface area (Å²) in [6, 6.07) is 21.8. The predicted octanol–water partition coefficient (Wildman–Crippen LogP) is 4.82. The summed E-state index contributed by atoms with van der Waals surface area (Å²) in [6.45, 7) is 2.10. The summed E-state index contributed by atoms with van der Waals surface area (Å²) in [7, 11) is 0. The summed E-state index contributed by atoms with van der Waals surface area (Å²) < 4.78 is 7.59. The lowest BCUT2D eigenvalue weighted by atomic mass is 10.1. The quantitative estimate of drug-likeness (QED) is 0.539. The van der Waals surface area contributed by atoms with Crippen LogP contribution < -0.4 is 4.74 Å². The Hall–Kier alpha value is -3.14. The molecule has 4 aromatic rings. The molecule has 0 radical (unpaired) electrons. The van der Waals surface area contributed by atoms with Crippen molar-refractivity contribution in [2.24, 2.45) is 0 Å². The molecule has 4 nitrogen and oxygen atoms in total. The zero-order valence-electron chi connectivity index (χ0n) is 14.0. The second-order valence-electron chi connectivity index (χ2n) is 5.90. The molecule has 0 aliphatic carbocycles. The van der Waals surface area contributed by atoms with Crippen molar-refractivity contribution in [1.82, 2.24) is 9.55 Å². The second-order valence-corrected chi connectivity index (χ2v) is 5.90. The topological polar surface area (TPSA) is 44.1 Å². The molecular weight excluding hydrogens is 312 g/mol. The number of hydrogen-bond acceptors (Lipinski definition) is 3. The van der Waals surface area contributed by atoms with E-state index in [0.717, 1.165) is 22.2 Å². The Balaban J connectivity index is 1.66. The minimum Gasteiger partial charge on any atom is -0.486 e. The molecule has 4 heteroatoms. The SMILES string of the molecule is CCC(=O)n1c(COc2ccc3ccccc3c2)nc2ccccc21. The van der Waals surface area contributed by atoms with E-state index in [1.165, 1.54) is 5.39 Å². The van der Waals surface area contributed by atoms with Gasteiger partial charge in [-0.05, 0) is 35.0 Å². The first-order chi connectivity index (χ1) is 12.3. The lowest BCUT2D eigenvalue weighted by Crippen LogP contribution is -2.14. The molecule has 0 aliphatic rings. The lowest BCUT2D eigenvalue weighted by molar-refractivity contribution is 0.0905. The molecule has 4 rings (SSSR count). The number of hydrogen-bond donors (Lipinski definition) is 0. The van der Waals surface area contributed by atoms with E-state index in [1.54, 1.807) is 4.57 Å². The molecule has 0 fully saturated rings. The zero-order chi connectivity index (χ0) is 17.2. The van der Waals surface area contributed by atoms with E-state index in [0.29, 0.717) is 12.2 Å². The van der Waals surface area contributed by atoms with Crippen molar-refractivity contribution in [3.8, 4) is 5.75 Å². The Morgan fingerprint density at radius 2 is 1.76 bits per heavy atom. The van der Waals surface area contributed by atoms with Crippen molar-refractivity contribution in [3.05, 3.63) is 72.6 Å². The second kappa shape index (κ2) is 6.40. The summed E-state index contributed by atoms with van der Waals surface area (Å²) in [5.41, 5.74) is 1.63. The number of carbonyl (C=O) groups is 1. The van der Waals surface area contributed by atoms with Crippen LogP contribution in [0.1, 0.15) is 24.0 Å². The standard InChI is InChI=1S/C21H18N2O2/c1-2-21(24)23-19-10-6-5-9-18(19)22-20(23)14-25-17-12-11-15-7-3-4-8-16(15)13-17/h3-13H,2,14H2,1H3. The molecular formula is C21H18N2O2. The summed E-state index contributed by atoms with van der Waals surface area (Å²) in [5, 5.41) is 2.29. The van der Waals surface area contributed by atoms with E-state index < -0.39 is 0 Å². The maximum atomic E-state index is 12.4. The van der Waals surface area contributed by atoms with Crippen LogP contribution in [-0.2, 0) is 6.61 Å². The molecule has 0 saturated heterocycles. The molecule has 0 bridgehead atoms. The van der Waals surface area contributed by atoms with Crippen LogP contribution in [0.2, 0.25) is 0 Å². The van der Waals surface area contributed by atoms with Gasteiger partial charge in [-0.1, -0.05) is 49.4 Å². The third-order valence-electron chi connectivity index (χ3n) is 4.27. The summed E-state index contributed by atoms with van der Waals surface area (Å²) in [4.78, 5) is 16.9. The molecule has 0 unspecified atom stereocenters. The normalized spacial score (nSPS) is 11.1. The Labute approximate surface area is 145 Å². The number of para-hydroxylation sites is 2. The first kappa shape index (κ1) is 15.4. The van der Waals surface area contributed by atoms with Crippen molar-refractivity contribution >= 4 is 27.7 Å². The molecule has 124 valence electrons. The van der Waals surface area contributed by atoms with Crippen molar-refractivity contribution in [3.63, 3.8) is 0 Å². The Morgan fingerprint density at radius 1 is 1.00 bits per heavy atom. The van der Waals surface area contributed by atoms with Crippen LogP contribution in [-0.4, -0.2) is 15.5 Å². The molecule has 0 atom stereocenters. The molecule has 0 spiro atoms. The first-order valence-corrected chi connectivity index (χ1v) is 8.37. The van der Waals surface area contributed by atoms with Crippen molar-refractivity contribution in [2.45, 2.75) is 20.0 Å². The smallest absolute Gasteiger partial charge is 0.232 e. The number of rotatable bonds is 4. The van der Waals surface area contributed by atoms with Crippen LogP contribution in [0.25, 0.3) is 21.8 Å². The molecule has 0 N–H and O–H groups in total. The number of imidazole rings is 1. The Morgan fingerprint density at radius 3 is 2.60 bits per heavy atom. The molecule has 3 aromatic carbocycles. The third-order valence-corrected chi connectivity index (χ3v) is 4.27. The summed E-state index contributed by atoms with van der Waals surface area (Å²) in [6.07, 6.45) is 0.420. The monoisotopic (exact) mass is 330 g/mol. The highest BCUT2D eigenvalue weighted by Crippen LogP contribution is 2.22. The van der Waals surface area contributed by atoms with Crippen molar-refractivity contribution in [2.75, 3.05) is 0 Å². The minimum absolute atomic E-state index is 0.0193. The van der Waals surface area contributed by atoms with Crippen LogP contribution in [0.5, 0.6) is 5.75 Å². The van der Waals surface area contributed by atoms with E-state index >= 15 is 0 Å². The number of nitrogens with zero attached hydrogens (tertiary/aromatic N) is 2. The average molecular weight is 330 g/mol.